The van der Waals surface area contributed by atoms with Crippen LogP contribution in [0.3, 0.4) is 0 Å². The molecule has 0 saturated heterocycles. The van der Waals surface area contributed by atoms with Gasteiger partial charge in [0.05, 0.1) is 13.2 Å². The zero-order chi connectivity index (χ0) is 19.6. The maximum Gasteiger partial charge on any atom is 0.323 e. The van der Waals surface area contributed by atoms with Crippen LogP contribution in [0.1, 0.15) is 16.7 Å². The monoisotopic (exact) mass is 375 g/mol. The van der Waals surface area contributed by atoms with Gasteiger partial charge < -0.3 is 9.84 Å². The molecule has 0 aliphatic carbocycles. The van der Waals surface area contributed by atoms with Gasteiger partial charge in [-0.05, 0) is 16.7 Å². The molecule has 28 heavy (non-hydrogen) atoms. The Balaban J connectivity index is 1.72. The lowest BCUT2D eigenvalue weighted by Gasteiger charge is -2.29. The third-order valence-electron chi connectivity index (χ3n) is 4.57. The molecule has 0 bridgehead atoms. The predicted molar refractivity (Wildman–Crippen MR) is 110 cm³/mol. The van der Waals surface area contributed by atoms with Crippen molar-refractivity contribution in [2.24, 2.45) is 0 Å². The molecule has 0 unspecified atom stereocenters. The van der Waals surface area contributed by atoms with Crippen molar-refractivity contribution in [2.45, 2.75) is 25.7 Å². The molecule has 0 aliphatic rings. The van der Waals surface area contributed by atoms with Crippen LogP contribution in [0.15, 0.2) is 91.0 Å². The first-order valence-corrected chi connectivity index (χ1v) is 9.39. The number of aliphatic carboxylic acids is 1. The van der Waals surface area contributed by atoms with Gasteiger partial charge in [-0.25, -0.2) is 0 Å². The highest BCUT2D eigenvalue weighted by Gasteiger charge is 2.26. The summed E-state index contributed by atoms with van der Waals surface area (Å²) in [6, 6.07) is 28.9. The van der Waals surface area contributed by atoms with Crippen LogP contribution in [0.2, 0.25) is 0 Å². The van der Waals surface area contributed by atoms with Crippen LogP contribution in [0, 0.1) is 0 Å². The molecule has 0 aliphatic heterocycles. The van der Waals surface area contributed by atoms with Crippen LogP contribution in [-0.2, 0) is 29.2 Å². The fraction of sp³-hybridized carbons (Fsp3) is 0.208. The van der Waals surface area contributed by atoms with Gasteiger partial charge in [-0.15, -0.1) is 0 Å². The molecule has 4 heteroatoms. The van der Waals surface area contributed by atoms with Crippen molar-refractivity contribution in [1.82, 2.24) is 4.90 Å². The first-order chi connectivity index (χ1) is 13.7. The first kappa shape index (κ1) is 19.8. The Bertz CT molecular complexity index is 796. The Morgan fingerprint density at radius 3 is 1.61 bits per heavy atom. The molecule has 0 saturated carbocycles. The molecular weight excluding hydrogens is 350 g/mol. The van der Waals surface area contributed by atoms with Crippen LogP contribution >= 0.6 is 0 Å². The third-order valence-corrected chi connectivity index (χ3v) is 4.57. The van der Waals surface area contributed by atoms with E-state index in [-0.39, 0.29) is 6.61 Å². The van der Waals surface area contributed by atoms with Crippen molar-refractivity contribution in [3.8, 4) is 0 Å². The number of carboxylic acids is 1. The van der Waals surface area contributed by atoms with Crippen molar-refractivity contribution < 1.29 is 14.6 Å². The van der Waals surface area contributed by atoms with E-state index < -0.39 is 12.0 Å². The summed E-state index contributed by atoms with van der Waals surface area (Å²) >= 11 is 0. The lowest BCUT2D eigenvalue weighted by Crippen LogP contribution is -2.43. The zero-order valence-electron chi connectivity index (χ0n) is 15.8. The maximum absolute atomic E-state index is 12.0. The molecule has 0 aromatic heterocycles. The molecule has 3 aromatic rings. The zero-order valence-corrected chi connectivity index (χ0v) is 15.8. The summed E-state index contributed by atoms with van der Waals surface area (Å²) in [6.07, 6.45) is 0. The molecule has 144 valence electrons. The van der Waals surface area contributed by atoms with E-state index in [0.29, 0.717) is 19.7 Å². The lowest BCUT2D eigenvalue weighted by molar-refractivity contribution is -0.146. The quantitative estimate of drug-likeness (QED) is 0.572. The van der Waals surface area contributed by atoms with E-state index in [4.69, 9.17) is 4.74 Å². The number of carbonyl (C=O) groups is 1. The average Bonchev–Trinajstić information content (AvgIpc) is 2.73. The second-order valence-corrected chi connectivity index (χ2v) is 6.73. The van der Waals surface area contributed by atoms with Crippen LogP contribution in [0.4, 0.5) is 0 Å². The molecule has 4 nitrogen and oxygen atoms in total. The van der Waals surface area contributed by atoms with Crippen molar-refractivity contribution >= 4 is 5.97 Å². The van der Waals surface area contributed by atoms with Crippen LogP contribution in [-0.4, -0.2) is 28.6 Å². The largest absolute Gasteiger partial charge is 0.480 e. The fourth-order valence-electron chi connectivity index (χ4n) is 3.11. The molecule has 0 radical (unpaired) electrons. The molecule has 0 amide bonds. The van der Waals surface area contributed by atoms with Gasteiger partial charge in [0.15, 0.2) is 0 Å². The minimum Gasteiger partial charge on any atom is -0.480 e. The second kappa shape index (κ2) is 10.4. The topological polar surface area (TPSA) is 49.8 Å². The Hall–Kier alpha value is -2.95. The summed E-state index contributed by atoms with van der Waals surface area (Å²) in [6.45, 7) is 1.61. The molecular formula is C24H25NO3. The molecule has 0 fully saturated rings. The number of hydrogen-bond acceptors (Lipinski definition) is 3. The number of ether oxygens (including phenoxy) is 1. The summed E-state index contributed by atoms with van der Waals surface area (Å²) in [4.78, 5) is 14.0. The van der Waals surface area contributed by atoms with E-state index in [1.165, 1.54) is 0 Å². The summed E-state index contributed by atoms with van der Waals surface area (Å²) < 4.78 is 5.78. The minimum absolute atomic E-state index is 0.129. The SMILES string of the molecule is O=C(O)[C@@H](COCc1ccccc1)N(Cc1ccccc1)Cc1ccccc1. The van der Waals surface area contributed by atoms with E-state index in [1.807, 2.05) is 95.9 Å². The molecule has 1 N–H and O–H groups in total. The summed E-state index contributed by atoms with van der Waals surface area (Å²) in [5.74, 6) is -0.875. The Morgan fingerprint density at radius 2 is 1.18 bits per heavy atom. The Kier molecular flexibility index (Phi) is 7.36. The Labute approximate surface area is 166 Å². The van der Waals surface area contributed by atoms with Crippen LogP contribution < -0.4 is 0 Å². The van der Waals surface area contributed by atoms with Gasteiger partial charge in [0, 0.05) is 13.1 Å². The number of benzene rings is 3. The number of nitrogens with zero attached hydrogens (tertiary/aromatic N) is 1. The second-order valence-electron chi connectivity index (χ2n) is 6.73. The van der Waals surface area contributed by atoms with Gasteiger partial charge in [-0.1, -0.05) is 91.0 Å². The average molecular weight is 375 g/mol. The normalized spacial score (nSPS) is 12.0. The molecule has 3 rings (SSSR count). The number of hydrogen-bond donors (Lipinski definition) is 1. The minimum atomic E-state index is -0.875. The molecule has 3 aromatic carbocycles. The Morgan fingerprint density at radius 1 is 0.750 bits per heavy atom. The summed E-state index contributed by atoms with van der Waals surface area (Å²) in [5.41, 5.74) is 3.18. The standard InChI is InChI=1S/C24H25NO3/c26-24(27)23(19-28-18-22-14-8-3-9-15-22)25(16-20-10-4-1-5-11-20)17-21-12-6-2-7-13-21/h1-15,23H,16-19H2,(H,26,27)/t23-/m1/s1. The first-order valence-electron chi connectivity index (χ1n) is 9.39. The van der Waals surface area contributed by atoms with E-state index in [0.717, 1.165) is 16.7 Å². The number of rotatable bonds is 10. The highest BCUT2D eigenvalue weighted by Crippen LogP contribution is 2.15. The van der Waals surface area contributed by atoms with Crippen LogP contribution in [0.25, 0.3) is 0 Å². The van der Waals surface area contributed by atoms with Gasteiger partial charge in [0.2, 0.25) is 0 Å². The highest BCUT2D eigenvalue weighted by molar-refractivity contribution is 5.73. The van der Waals surface area contributed by atoms with Crippen molar-refractivity contribution in [2.75, 3.05) is 6.61 Å². The van der Waals surface area contributed by atoms with E-state index in [9.17, 15) is 9.90 Å². The predicted octanol–water partition coefficient (Wildman–Crippen LogP) is 4.36. The summed E-state index contributed by atoms with van der Waals surface area (Å²) in [5, 5.41) is 9.88. The van der Waals surface area contributed by atoms with Gasteiger partial charge in [0.25, 0.3) is 0 Å². The molecule has 1 atom stereocenters. The smallest absolute Gasteiger partial charge is 0.323 e. The van der Waals surface area contributed by atoms with E-state index >= 15 is 0 Å². The van der Waals surface area contributed by atoms with Gasteiger partial charge in [0.1, 0.15) is 6.04 Å². The van der Waals surface area contributed by atoms with Crippen molar-refractivity contribution in [3.05, 3.63) is 108 Å². The van der Waals surface area contributed by atoms with Gasteiger partial charge >= 0.3 is 5.97 Å². The number of carboxylic acid groups (broad SMARTS) is 1. The van der Waals surface area contributed by atoms with Crippen molar-refractivity contribution in [1.29, 1.82) is 0 Å². The molecule has 0 heterocycles. The van der Waals surface area contributed by atoms with Crippen LogP contribution in [0.5, 0.6) is 0 Å². The molecule has 0 spiro atoms. The van der Waals surface area contributed by atoms with Gasteiger partial charge in [-0.2, -0.15) is 0 Å². The maximum atomic E-state index is 12.0. The van der Waals surface area contributed by atoms with E-state index in [2.05, 4.69) is 0 Å². The van der Waals surface area contributed by atoms with Gasteiger partial charge in [-0.3, -0.25) is 9.69 Å². The third kappa shape index (κ3) is 6.05. The van der Waals surface area contributed by atoms with E-state index in [1.54, 1.807) is 0 Å². The highest BCUT2D eigenvalue weighted by atomic mass is 16.5. The summed E-state index contributed by atoms with van der Waals surface area (Å²) in [7, 11) is 0. The van der Waals surface area contributed by atoms with Crippen molar-refractivity contribution in [3.63, 3.8) is 0 Å². The lowest BCUT2D eigenvalue weighted by atomic mass is 10.1. The fourth-order valence-corrected chi connectivity index (χ4v) is 3.11.